The number of aromatic nitrogens is 3. The summed E-state index contributed by atoms with van der Waals surface area (Å²) in [6.07, 6.45) is 10.1. The van der Waals surface area contributed by atoms with Gasteiger partial charge in [-0.05, 0) is 30.9 Å². The average Bonchev–Trinajstić information content (AvgIpc) is 3.26. The van der Waals surface area contributed by atoms with Crippen LogP contribution in [0.4, 0.5) is 5.82 Å². The van der Waals surface area contributed by atoms with Crippen LogP contribution in [0, 0.1) is 0 Å². The van der Waals surface area contributed by atoms with Crippen LogP contribution in [-0.4, -0.2) is 21.1 Å². The highest BCUT2D eigenvalue weighted by atomic mass is 16.1. The van der Waals surface area contributed by atoms with Gasteiger partial charge in [-0.15, -0.1) is 0 Å². The van der Waals surface area contributed by atoms with Crippen molar-refractivity contribution in [1.29, 1.82) is 0 Å². The molecule has 1 N–H and O–H groups in total. The van der Waals surface area contributed by atoms with Crippen LogP contribution in [0.5, 0.6) is 0 Å². The lowest BCUT2D eigenvalue weighted by Gasteiger charge is -2.07. The maximum atomic E-state index is 12.1. The zero-order chi connectivity index (χ0) is 13.1. The number of hydrogen-bond acceptors (Lipinski definition) is 4. The van der Waals surface area contributed by atoms with E-state index in [4.69, 9.17) is 0 Å². The molecule has 0 unspecified atom stereocenters. The standard InChI is InChI=1S/C14H16N4O/c19-14-13(17-8-9-18(14)12-3-4-12)16-7-5-11-2-1-6-15-10-11/h1-2,6,8-10,12H,3-5,7H2,(H,16,17). The Kier molecular flexibility index (Phi) is 3.27. The van der Waals surface area contributed by atoms with Crippen molar-refractivity contribution in [3.8, 4) is 0 Å². The molecule has 5 heteroatoms. The van der Waals surface area contributed by atoms with Crippen LogP contribution in [0.25, 0.3) is 0 Å². The molecular weight excluding hydrogens is 240 g/mol. The number of pyridine rings is 1. The second-order valence-electron chi connectivity index (χ2n) is 4.76. The topological polar surface area (TPSA) is 59.8 Å². The molecule has 1 aliphatic rings. The molecule has 19 heavy (non-hydrogen) atoms. The molecule has 0 radical (unpaired) electrons. The summed E-state index contributed by atoms with van der Waals surface area (Å²) in [4.78, 5) is 20.3. The van der Waals surface area contributed by atoms with E-state index in [0.29, 0.717) is 18.4 Å². The van der Waals surface area contributed by atoms with E-state index in [-0.39, 0.29) is 5.56 Å². The van der Waals surface area contributed by atoms with Crippen LogP contribution >= 0.6 is 0 Å². The third-order valence-corrected chi connectivity index (χ3v) is 3.24. The number of rotatable bonds is 5. The average molecular weight is 256 g/mol. The SMILES string of the molecule is O=c1c(NCCc2cccnc2)nccn1C1CC1. The molecule has 1 aliphatic carbocycles. The van der Waals surface area contributed by atoms with E-state index in [1.165, 1.54) is 0 Å². The van der Waals surface area contributed by atoms with Crippen molar-refractivity contribution >= 4 is 5.82 Å². The summed E-state index contributed by atoms with van der Waals surface area (Å²) >= 11 is 0. The largest absolute Gasteiger partial charge is 0.365 e. The van der Waals surface area contributed by atoms with Crippen molar-refractivity contribution in [1.82, 2.24) is 14.5 Å². The molecule has 5 nitrogen and oxygen atoms in total. The molecule has 2 aromatic heterocycles. The van der Waals surface area contributed by atoms with Gasteiger partial charge in [-0.1, -0.05) is 6.07 Å². The van der Waals surface area contributed by atoms with Gasteiger partial charge in [0.05, 0.1) is 0 Å². The van der Waals surface area contributed by atoms with Crippen molar-refractivity contribution in [3.63, 3.8) is 0 Å². The van der Waals surface area contributed by atoms with E-state index >= 15 is 0 Å². The van der Waals surface area contributed by atoms with Crippen molar-refractivity contribution in [2.24, 2.45) is 0 Å². The van der Waals surface area contributed by atoms with Gasteiger partial charge in [0.15, 0.2) is 5.82 Å². The Bertz CT molecular complexity index is 604. The van der Waals surface area contributed by atoms with Gasteiger partial charge in [0, 0.05) is 37.4 Å². The van der Waals surface area contributed by atoms with Gasteiger partial charge < -0.3 is 9.88 Å². The lowest BCUT2D eigenvalue weighted by Crippen LogP contribution is -2.24. The van der Waals surface area contributed by atoms with Crippen LogP contribution in [0.2, 0.25) is 0 Å². The quantitative estimate of drug-likeness (QED) is 0.883. The van der Waals surface area contributed by atoms with Crippen LogP contribution in [0.3, 0.4) is 0 Å². The molecule has 1 fully saturated rings. The Hall–Kier alpha value is -2.17. The van der Waals surface area contributed by atoms with Gasteiger partial charge in [0.1, 0.15) is 0 Å². The summed E-state index contributed by atoms with van der Waals surface area (Å²) in [6.45, 7) is 0.683. The van der Waals surface area contributed by atoms with Crippen LogP contribution < -0.4 is 10.9 Å². The minimum atomic E-state index is -0.0174. The second kappa shape index (κ2) is 5.22. The van der Waals surface area contributed by atoms with E-state index in [9.17, 15) is 4.79 Å². The lowest BCUT2D eigenvalue weighted by atomic mass is 10.2. The molecule has 3 rings (SSSR count). The minimum Gasteiger partial charge on any atom is -0.365 e. The smallest absolute Gasteiger partial charge is 0.293 e. The molecule has 0 bridgehead atoms. The fourth-order valence-electron chi connectivity index (χ4n) is 2.06. The summed E-state index contributed by atoms with van der Waals surface area (Å²) in [6, 6.07) is 4.32. The molecular formula is C14H16N4O. The van der Waals surface area contributed by atoms with Crippen molar-refractivity contribution in [3.05, 3.63) is 52.8 Å². The van der Waals surface area contributed by atoms with E-state index in [1.807, 2.05) is 18.3 Å². The highest BCUT2D eigenvalue weighted by Gasteiger charge is 2.25. The van der Waals surface area contributed by atoms with E-state index in [1.54, 1.807) is 23.2 Å². The second-order valence-corrected chi connectivity index (χ2v) is 4.76. The molecule has 0 atom stereocenters. The highest BCUT2D eigenvalue weighted by Crippen LogP contribution is 2.33. The third-order valence-electron chi connectivity index (χ3n) is 3.24. The Morgan fingerprint density at radius 3 is 3.00 bits per heavy atom. The molecule has 1 saturated carbocycles. The fourth-order valence-corrected chi connectivity index (χ4v) is 2.06. The normalized spacial score (nSPS) is 14.3. The first-order valence-electron chi connectivity index (χ1n) is 6.54. The monoisotopic (exact) mass is 256 g/mol. The Labute approximate surface area is 111 Å². The predicted molar refractivity (Wildman–Crippen MR) is 73.2 cm³/mol. The summed E-state index contributed by atoms with van der Waals surface area (Å²) in [5.41, 5.74) is 1.13. The highest BCUT2D eigenvalue weighted by molar-refractivity contribution is 5.31. The first-order chi connectivity index (χ1) is 9.34. The summed E-state index contributed by atoms with van der Waals surface area (Å²) < 4.78 is 1.78. The predicted octanol–water partition coefficient (Wildman–Crippen LogP) is 1.63. The zero-order valence-corrected chi connectivity index (χ0v) is 10.6. The fraction of sp³-hybridized carbons (Fsp3) is 0.357. The third kappa shape index (κ3) is 2.81. The Balaban J connectivity index is 1.64. The zero-order valence-electron chi connectivity index (χ0n) is 10.6. The molecule has 0 spiro atoms. The maximum Gasteiger partial charge on any atom is 0.293 e. The van der Waals surface area contributed by atoms with Crippen molar-refractivity contribution < 1.29 is 0 Å². The molecule has 2 aromatic rings. The molecule has 0 amide bonds. The first-order valence-corrected chi connectivity index (χ1v) is 6.54. The first kappa shape index (κ1) is 11.9. The van der Waals surface area contributed by atoms with Gasteiger partial charge >= 0.3 is 0 Å². The number of anilines is 1. The summed E-state index contributed by atoms with van der Waals surface area (Å²) in [5.74, 6) is 0.443. The molecule has 2 heterocycles. The van der Waals surface area contributed by atoms with Gasteiger partial charge in [0.2, 0.25) is 0 Å². The number of nitrogens with one attached hydrogen (secondary N) is 1. The molecule has 0 aliphatic heterocycles. The van der Waals surface area contributed by atoms with Crippen LogP contribution in [0.1, 0.15) is 24.4 Å². The maximum absolute atomic E-state index is 12.1. The van der Waals surface area contributed by atoms with Crippen molar-refractivity contribution in [2.45, 2.75) is 25.3 Å². The van der Waals surface area contributed by atoms with Crippen molar-refractivity contribution in [2.75, 3.05) is 11.9 Å². The Morgan fingerprint density at radius 2 is 2.26 bits per heavy atom. The van der Waals surface area contributed by atoms with Gasteiger partial charge in [-0.3, -0.25) is 9.78 Å². The van der Waals surface area contributed by atoms with E-state index in [2.05, 4.69) is 15.3 Å². The number of hydrogen-bond donors (Lipinski definition) is 1. The number of nitrogens with zero attached hydrogens (tertiary/aromatic N) is 3. The van der Waals surface area contributed by atoms with Crippen LogP contribution in [0.15, 0.2) is 41.7 Å². The molecule has 0 saturated heterocycles. The van der Waals surface area contributed by atoms with Crippen LogP contribution in [-0.2, 0) is 6.42 Å². The summed E-state index contributed by atoms with van der Waals surface area (Å²) in [5, 5.41) is 3.11. The lowest BCUT2D eigenvalue weighted by molar-refractivity contribution is 0.699. The molecule has 0 aromatic carbocycles. The minimum absolute atomic E-state index is 0.0174. The van der Waals surface area contributed by atoms with E-state index in [0.717, 1.165) is 24.8 Å². The van der Waals surface area contributed by atoms with E-state index < -0.39 is 0 Å². The van der Waals surface area contributed by atoms with Gasteiger partial charge in [-0.25, -0.2) is 4.98 Å². The van der Waals surface area contributed by atoms with Gasteiger partial charge in [0.25, 0.3) is 5.56 Å². The molecule has 98 valence electrons. The van der Waals surface area contributed by atoms with Gasteiger partial charge in [-0.2, -0.15) is 0 Å². The summed E-state index contributed by atoms with van der Waals surface area (Å²) in [7, 11) is 0. The Morgan fingerprint density at radius 1 is 1.37 bits per heavy atom.